The highest BCUT2D eigenvalue weighted by atomic mass is 16.1. The van der Waals surface area contributed by atoms with Gasteiger partial charge in [0.2, 0.25) is 0 Å². The van der Waals surface area contributed by atoms with Crippen molar-refractivity contribution in [2.45, 2.75) is 59.8 Å². The van der Waals surface area contributed by atoms with Gasteiger partial charge in [-0.2, -0.15) is 0 Å². The average Bonchev–Trinajstić information content (AvgIpc) is 2.67. The lowest BCUT2D eigenvalue weighted by Crippen LogP contribution is -2.52. The van der Waals surface area contributed by atoms with Crippen LogP contribution in [0.25, 0.3) is 0 Å². The summed E-state index contributed by atoms with van der Waals surface area (Å²) in [5.74, 6) is 1.74. The van der Waals surface area contributed by atoms with Gasteiger partial charge in [-0.15, -0.1) is 0 Å². The van der Waals surface area contributed by atoms with Crippen LogP contribution in [0.1, 0.15) is 59.8 Å². The van der Waals surface area contributed by atoms with Gasteiger partial charge in [0.25, 0.3) is 0 Å². The van der Waals surface area contributed by atoms with Crippen molar-refractivity contribution < 1.29 is 4.79 Å². The van der Waals surface area contributed by atoms with Crippen LogP contribution in [-0.2, 0) is 4.79 Å². The summed E-state index contributed by atoms with van der Waals surface area (Å²) in [6.07, 6.45) is 5.94. The highest BCUT2D eigenvalue weighted by Gasteiger charge is 2.69. The number of hydrogen-bond acceptors (Lipinski definition) is 1. The topological polar surface area (TPSA) is 17.1 Å². The summed E-state index contributed by atoms with van der Waals surface area (Å²) in [7, 11) is 0. The summed E-state index contributed by atoms with van der Waals surface area (Å²) >= 11 is 0. The molecule has 3 aliphatic rings. The number of hydrogen-bond donors (Lipinski definition) is 0. The Morgan fingerprint density at radius 3 is 2.44 bits per heavy atom. The van der Waals surface area contributed by atoms with E-state index in [4.69, 9.17) is 0 Å². The monoisotopic (exact) mass is 220 g/mol. The summed E-state index contributed by atoms with van der Waals surface area (Å²) in [5.41, 5.74) is 1.01. The third kappa shape index (κ3) is 0.966. The predicted molar refractivity (Wildman–Crippen MR) is 65.1 cm³/mol. The Balaban J connectivity index is 2.14. The molecule has 3 rings (SSSR count). The van der Waals surface area contributed by atoms with Crippen molar-refractivity contribution in [3.8, 4) is 0 Å². The van der Waals surface area contributed by atoms with Crippen LogP contribution < -0.4 is 0 Å². The second-order valence-electron chi connectivity index (χ2n) is 7.70. The first-order valence-corrected chi connectivity index (χ1v) is 6.84. The fraction of sp³-hybridized carbons (Fsp3) is 0.933. The van der Waals surface area contributed by atoms with Gasteiger partial charge < -0.3 is 0 Å². The van der Waals surface area contributed by atoms with Crippen molar-refractivity contribution in [2.24, 2.45) is 28.1 Å². The quantitative estimate of drug-likeness (QED) is 0.606. The van der Waals surface area contributed by atoms with Crippen LogP contribution in [0.5, 0.6) is 0 Å². The van der Waals surface area contributed by atoms with E-state index in [1.807, 2.05) is 0 Å². The minimum Gasteiger partial charge on any atom is -0.299 e. The lowest BCUT2D eigenvalue weighted by molar-refractivity contribution is -0.146. The first kappa shape index (κ1) is 10.8. The number of ketones is 1. The molecule has 0 unspecified atom stereocenters. The number of carbonyl (C=O) groups excluding carboxylic acids is 1. The molecule has 1 spiro atoms. The molecule has 3 atom stereocenters. The van der Waals surface area contributed by atoms with Gasteiger partial charge in [-0.3, -0.25) is 4.79 Å². The standard InChI is InChI=1S/C15H24O/c1-13(2)7-6-11(16)12-14(3,4)10-5-8-15(12,13)9-10/h10,12H,5-9H2,1-4H3/t10-,12-,15+/m0/s1. The van der Waals surface area contributed by atoms with Crippen LogP contribution in [0, 0.1) is 28.1 Å². The molecule has 90 valence electrons. The van der Waals surface area contributed by atoms with Crippen molar-refractivity contribution in [1.82, 2.24) is 0 Å². The fourth-order valence-electron chi connectivity index (χ4n) is 5.48. The van der Waals surface area contributed by atoms with E-state index in [1.54, 1.807) is 0 Å². The molecule has 1 heteroatoms. The molecule has 3 aliphatic carbocycles. The Kier molecular flexibility index (Phi) is 1.85. The van der Waals surface area contributed by atoms with Crippen LogP contribution >= 0.6 is 0 Å². The minimum absolute atomic E-state index is 0.271. The molecule has 0 aromatic carbocycles. The maximum Gasteiger partial charge on any atom is 0.137 e. The predicted octanol–water partition coefficient (Wildman–Crippen LogP) is 3.82. The molecule has 0 heterocycles. The largest absolute Gasteiger partial charge is 0.299 e. The highest BCUT2D eigenvalue weighted by molar-refractivity contribution is 5.84. The second-order valence-corrected chi connectivity index (χ2v) is 7.70. The maximum atomic E-state index is 12.4. The van der Waals surface area contributed by atoms with E-state index in [2.05, 4.69) is 27.7 Å². The van der Waals surface area contributed by atoms with Crippen LogP contribution in [0.4, 0.5) is 0 Å². The Labute approximate surface area is 99.0 Å². The molecule has 0 N–H and O–H groups in total. The SMILES string of the molecule is CC1(C)[C@H]2CC[C@@]3(C2)[C@H]1C(=O)CCC3(C)C. The normalized spacial score (nSPS) is 48.1. The van der Waals surface area contributed by atoms with Gasteiger partial charge in [-0.1, -0.05) is 27.7 Å². The van der Waals surface area contributed by atoms with Gasteiger partial charge in [0.05, 0.1) is 0 Å². The van der Waals surface area contributed by atoms with Gasteiger partial charge in [0.15, 0.2) is 0 Å². The third-order valence-electron chi connectivity index (χ3n) is 6.56. The van der Waals surface area contributed by atoms with E-state index in [-0.39, 0.29) is 5.41 Å². The zero-order valence-corrected chi connectivity index (χ0v) is 11.1. The molecule has 16 heavy (non-hydrogen) atoms. The molecule has 1 nitrogen and oxygen atoms in total. The van der Waals surface area contributed by atoms with E-state index in [1.165, 1.54) is 19.3 Å². The first-order valence-electron chi connectivity index (χ1n) is 6.84. The van der Waals surface area contributed by atoms with Crippen molar-refractivity contribution in [3.05, 3.63) is 0 Å². The van der Waals surface area contributed by atoms with Gasteiger partial charge in [0.1, 0.15) is 5.78 Å². The van der Waals surface area contributed by atoms with Crippen LogP contribution in [0.15, 0.2) is 0 Å². The smallest absolute Gasteiger partial charge is 0.137 e. The van der Waals surface area contributed by atoms with Crippen LogP contribution in [0.2, 0.25) is 0 Å². The number of rotatable bonds is 0. The molecule has 2 bridgehead atoms. The Morgan fingerprint density at radius 1 is 1.12 bits per heavy atom. The highest BCUT2D eigenvalue weighted by Crippen LogP contribution is 2.74. The first-order chi connectivity index (χ1) is 7.31. The number of fused-ring (bicyclic) bond motifs is 1. The van der Waals surface area contributed by atoms with Gasteiger partial charge in [-0.25, -0.2) is 0 Å². The summed E-state index contributed by atoms with van der Waals surface area (Å²) in [4.78, 5) is 12.4. The second kappa shape index (κ2) is 2.73. The molecule has 0 amide bonds. The number of Topliss-reactive ketones (excluding diaryl/α,β-unsaturated/α-hetero) is 1. The van der Waals surface area contributed by atoms with E-state index in [9.17, 15) is 4.79 Å². The summed E-state index contributed by atoms with van der Waals surface area (Å²) < 4.78 is 0. The Morgan fingerprint density at radius 2 is 1.81 bits per heavy atom. The molecule has 3 fully saturated rings. The van der Waals surface area contributed by atoms with Crippen molar-refractivity contribution >= 4 is 5.78 Å². The van der Waals surface area contributed by atoms with Gasteiger partial charge in [-0.05, 0) is 47.8 Å². The van der Waals surface area contributed by atoms with Crippen molar-refractivity contribution in [3.63, 3.8) is 0 Å². The Bertz CT molecular complexity index is 352. The molecule has 0 radical (unpaired) electrons. The van der Waals surface area contributed by atoms with E-state index >= 15 is 0 Å². The molecule has 0 aromatic rings. The van der Waals surface area contributed by atoms with Crippen LogP contribution in [-0.4, -0.2) is 5.78 Å². The molecule has 3 saturated carbocycles. The summed E-state index contributed by atoms with van der Waals surface area (Å²) in [5, 5.41) is 0. The lowest BCUT2D eigenvalue weighted by Gasteiger charge is -2.54. The van der Waals surface area contributed by atoms with Gasteiger partial charge >= 0.3 is 0 Å². The molecule has 0 aromatic heterocycles. The molecule has 0 saturated heterocycles. The zero-order valence-electron chi connectivity index (χ0n) is 11.1. The average molecular weight is 220 g/mol. The molecule has 0 aliphatic heterocycles. The lowest BCUT2D eigenvalue weighted by atomic mass is 9.49. The number of carbonyl (C=O) groups is 1. The Hall–Kier alpha value is -0.330. The van der Waals surface area contributed by atoms with Crippen LogP contribution in [0.3, 0.4) is 0 Å². The minimum atomic E-state index is 0.271. The summed E-state index contributed by atoms with van der Waals surface area (Å²) in [6.45, 7) is 9.53. The summed E-state index contributed by atoms with van der Waals surface area (Å²) in [6, 6.07) is 0. The van der Waals surface area contributed by atoms with E-state index in [0.717, 1.165) is 18.8 Å². The molecular weight excluding hydrogens is 196 g/mol. The fourth-order valence-corrected chi connectivity index (χ4v) is 5.48. The molecular formula is C15H24O. The maximum absolute atomic E-state index is 12.4. The zero-order chi connectivity index (χ0) is 11.8. The van der Waals surface area contributed by atoms with Crippen molar-refractivity contribution in [2.75, 3.05) is 0 Å². The van der Waals surface area contributed by atoms with E-state index in [0.29, 0.717) is 22.5 Å². The van der Waals surface area contributed by atoms with Gasteiger partial charge in [0, 0.05) is 12.3 Å². The third-order valence-corrected chi connectivity index (χ3v) is 6.56. The van der Waals surface area contributed by atoms with Crippen molar-refractivity contribution in [1.29, 1.82) is 0 Å². The van der Waals surface area contributed by atoms with E-state index < -0.39 is 0 Å².